The molecule has 0 bridgehead atoms. The standard InChI is InChI=1S/C9H10N4OS/c1-6-5-12-8(10-2)13-7(6)15-9-11-3-4-14-9/h3-5H,1-2H3,(H,10,12,13). The molecule has 15 heavy (non-hydrogen) atoms. The highest BCUT2D eigenvalue weighted by Crippen LogP contribution is 2.27. The van der Waals surface area contributed by atoms with Crippen LogP contribution in [-0.2, 0) is 0 Å². The molecule has 1 N–H and O–H groups in total. The van der Waals surface area contributed by atoms with Crippen molar-refractivity contribution >= 4 is 17.7 Å². The minimum absolute atomic E-state index is 0.582. The van der Waals surface area contributed by atoms with E-state index in [-0.39, 0.29) is 0 Å². The second kappa shape index (κ2) is 4.31. The van der Waals surface area contributed by atoms with Gasteiger partial charge in [0.15, 0.2) is 0 Å². The Morgan fingerprint density at radius 2 is 2.27 bits per heavy atom. The molecule has 5 nitrogen and oxygen atoms in total. The molecule has 2 aromatic rings. The summed E-state index contributed by atoms with van der Waals surface area (Å²) in [7, 11) is 1.78. The maximum Gasteiger partial charge on any atom is 0.261 e. The van der Waals surface area contributed by atoms with Crippen LogP contribution in [0.15, 0.2) is 33.3 Å². The van der Waals surface area contributed by atoms with Crippen molar-refractivity contribution in [3.8, 4) is 0 Å². The van der Waals surface area contributed by atoms with Gasteiger partial charge in [-0.05, 0) is 18.7 Å². The van der Waals surface area contributed by atoms with E-state index in [1.165, 1.54) is 18.0 Å². The van der Waals surface area contributed by atoms with Gasteiger partial charge in [0, 0.05) is 18.8 Å². The Morgan fingerprint density at radius 1 is 1.40 bits per heavy atom. The van der Waals surface area contributed by atoms with Crippen molar-refractivity contribution in [3.05, 3.63) is 24.2 Å². The normalized spacial score (nSPS) is 10.3. The van der Waals surface area contributed by atoms with Crippen LogP contribution in [-0.4, -0.2) is 22.0 Å². The average Bonchev–Trinajstić information content (AvgIpc) is 2.74. The fraction of sp³-hybridized carbons (Fsp3) is 0.222. The summed E-state index contributed by atoms with van der Waals surface area (Å²) in [6.45, 7) is 1.95. The Kier molecular flexibility index (Phi) is 2.86. The minimum atomic E-state index is 0.582. The predicted octanol–water partition coefficient (Wildman–Crippen LogP) is 1.97. The molecule has 2 rings (SSSR count). The highest BCUT2D eigenvalue weighted by atomic mass is 32.2. The first-order valence-electron chi connectivity index (χ1n) is 4.38. The lowest BCUT2D eigenvalue weighted by Crippen LogP contribution is -1.98. The zero-order valence-electron chi connectivity index (χ0n) is 8.39. The molecule has 0 aliphatic rings. The molecule has 0 aromatic carbocycles. The van der Waals surface area contributed by atoms with Crippen molar-refractivity contribution in [2.75, 3.05) is 12.4 Å². The fourth-order valence-electron chi connectivity index (χ4n) is 0.994. The largest absolute Gasteiger partial charge is 0.440 e. The first-order chi connectivity index (χ1) is 7.29. The van der Waals surface area contributed by atoms with Gasteiger partial charge in [-0.2, -0.15) is 0 Å². The van der Waals surface area contributed by atoms with E-state index in [1.54, 1.807) is 19.4 Å². The second-order valence-corrected chi connectivity index (χ2v) is 3.77. The zero-order chi connectivity index (χ0) is 10.7. The first kappa shape index (κ1) is 9.97. The van der Waals surface area contributed by atoms with Gasteiger partial charge >= 0.3 is 0 Å². The lowest BCUT2D eigenvalue weighted by atomic mass is 10.4. The number of oxazole rings is 1. The van der Waals surface area contributed by atoms with Crippen molar-refractivity contribution < 1.29 is 4.42 Å². The van der Waals surface area contributed by atoms with Crippen molar-refractivity contribution in [3.63, 3.8) is 0 Å². The highest BCUT2D eigenvalue weighted by molar-refractivity contribution is 7.99. The molecule has 6 heteroatoms. The summed E-state index contributed by atoms with van der Waals surface area (Å²) in [5.41, 5.74) is 0.997. The van der Waals surface area contributed by atoms with Crippen LogP contribution >= 0.6 is 11.8 Å². The molecular weight excluding hydrogens is 212 g/mol. The number of nitrogens with zero attached hydrogens (tertiary/aromatic N) is 3. The molecule has 2 heterocycles. The van der Waals surface area contributed by atoms with Gasteiger partial charge in [0.05, 0.1) is 6.20 Å². The number of anilines is 1. The summed E-state index contributed by atoms with van der Waals surface area (Å²) in [4.78, 5) is 12.4. The Bertz CT molecular complexity index is 443. The molecule has 0 unspecified atom stereocenters. The molecule has 0 saturated carbocycles. The molecule has 0 aliphatic carbocycles. The summed E-state index contributed by atoms with van der Waals surface area (Å²) >= 11 is 1.38. The SMILES string of the molecule is CNc1ncc(C)c(Sc2ncco2)n1. The number of aromatic nitrogens is 3. The van der Waals surface area contributed by atoms with E-state index in [0.29, 0.717) is 11.2 Å². The average molecular weight is 222 g/mol. The van der Waals surface area contributed by atoms with Crippen LogP contribution in [0.4, 0.5) is 5.95 Å². The van der Waals surface area contributed by atoms with Crippen LogP contribution in [0, 0.1) is 6.92 Å². The third kappa shape index (κ3) is 2.27. The molecule has 2 aromatic heterocycles. The second-order valence-electron chi connectivity index (χ2n) is 2.83. The van der Waals surface area contributed by atoms with Crippen LogP contribution in [0.2, 0.25) is 0 Å². The van der Waals surface area contributed by atoms with E-state index < -0.39 is 0 Å². The van der Waals surface area contributed by atoms with Crippen LogP contribution in [0.25, 0.3) is 0 Å². The Balaban J connectivity index is 2.27. The molecule has 78 valence electrons. The summed E-state index contributed by atoms with van der Waals surface area (Å²) in [5, 5.41) is 4.31. The van der Waals surface area contributed by atoms with Crippen LogP contribution in [0.3, 0.4) is 0 Å². The van der Waals surface area contributed by atoms with E-state index in [0.717, 1.165) is 10.6 Å². The van der Waals surface area contributed by atoms with E-state index in [9.17, 15) is 0 Å². The van der Waals surface area contributed by atoms with Crippen molar-refractivity contribution in [1.29, 1.82) is 0 Å². The molecule has 0 spiro atoms. The van der Waals surface area contributed by atoms with E-state index in [2.05, 4.69) is 20.3 Å². The quantitative estimate of drug-likeness (QED) is 0.801. The number of aryl methyl sites for hydroxylation is 1. The van der Waals surface area contributed by atoms with Gasteiger partial charge in [0.2, 0.25) is 5.95 Å². The number of hydrogen-bond donors (Lipinski definition) is 1. The van der Waals surface area contributed by atoms with Crippen LogP contribution < -0.4 is 5.32 Å². The number of rotatable bonds is 3. The van der Waals surface area contributed by atoms with E-state index >= 15 is 0 Å². The smallest absolute Gasteiger partial charge is 0.261 e. The van der Waals surface area contributed by atoms with Gasteiger partial charge in [0.25, 0.3) is 5.22 Å². The third-order valence-electron chi connectivity index (χ3n) is 1.74. The minimum Gasteiger partial charge on any atom is -0.440 e. The lowest BCUT2D eigenvalue weighted by Gasteiger charge is -2.03. The van der Waals surface area contributed by atoms with Crippen molar-refractivity contribution in [2.24, 2.45) is 0 Å². The lowest BCUT2D eigenvalue weighted by molar-refractivity contribution is 0.454. The zero-order valence-corrected chi connectivity index (χ0v) is 9.21. The summed E-state index contributed by atoms with van der Waals surface area (Å²) in [6, 6.07) is 0. The Hall–Kier alpha value is -1.56. The van der Waals surface area contributed by atoms with Gasteiger partial charge in [0.1, 0.15) is 11.3 Å². The maximum absolute atomic E-state index is 5.14. The summed E-state index contributed by atoms with van der Waals surface area (Å²) in [5.74, 6) is 0.592. The van der Waals surface area contributed by atoms with Crippen LogP contribution in [0.1, 0.15) is 5.56 Å². The summed E-state index contributed by atoms with van der Waals surface area (Å²) < 4.78 is 5.14. The molecule has 0 amide bonds. The van der Waals surface area contributed by atoms with Crippen molar-refractivity contribution in [1.82, 2.24) is 15.0 Å². The fourth-order valence-corrected chi connectivity index (χ4v) is 1.72. The van der Waals surface area contributed by atoms with Gasteiger partial charge in [-0.3, -0.25) is 0 Å². The van der Waals surface area contributed by atoms with E-state index in [1.807, 2.05) is 6.92 Å². The van der Waals surface area contributed by atoms with Gasteiger partial charge in [-0.25, -0.2) is 15.0 Å². The first-order valence-corrected chi connectivity index (χ1v) is 5.20. The number of hydrogen-bond acceptors (Lipinski definition) is 6. The van der Waals surface area contributed by atoms with Gasteiger partial charge < -0.3 is 9.73 Å². The Labute approximate surface area is 91.3 Å². The Morgan fingerprint density at radius 3 is 2.93 bits per heavy atom. The maximum atomic E-state index is 5.14. The monoisotopic (exact) mass is 222 g/mol. The molecule has 0 atom stereocenters. The molecule has 0 saturated heterocycles. The highest BCUT2D eigenvalue weighted by Gasteiger charge is 2.07. The number of nitrogens with one attached hydrogen (secondary N) is 1. The molecular formula is C9H10N4OS. The molecule has 0 radical (unpaired) electrons. The molecule has 0 aliphatic heterocycles. The van der Waals surface area contributed by atoms with Crippen LogP contribution in [0.5, 0.6) is 0 Å². The van der Waals surface area contributed by atoms with Gasteiger partial charge in [-0.15, -0.1) is 0 Å². The van der Waals surface area contributed by atoms with E-state index in [4.69, 9.17) is 4.42 Å². The third-order valence-corrected chi connectivity index (χ3v) is 2.73. The molecule has 0 fully saturated rings. The summed E-state index contributed by atoms with van der Waals surface area (Å²) in [6.07, 6.45) is 4.92. The predicted molar refractivity (Wildman–Crippen MR) is 56.9 cm³/mol. The van der Waals surface area contributed by atoms with Gasteiger partial charge in [-0.1, -0.05) is 0 Å². The van der Waals surface area contributed by atoms with Crippen molar-refractivity contribution in [2.45, 2.75) is 17.2 Å². The topological polar surface area (TPSA) is 63.8 Å².